The Hall–Kier alpha value is -1.07. The molecule has 0 atom stereocenters. The second-order valence-corrected chi connectivity index (χ2v) is 6.51. The van der Waals surface area contributed by atoms with E-state index < -0.39 is 5.60 Å². The summed E-state index contributed by atoms with van der Waals surface area (Å²) in [5.74, 6) is 1.37. The molecule has 1 fully saturated rings. The number of aliphatic hydroxyl groups is 1. The van der Waals surface area contributed by atoms with Gasteiger partial charge in [-0.15, -0.1) is 0 Å². The van der Waals surface area contributed by atoms with Gasteiger partial charge >= 0.3 is 0 Å². The van der Waals surface area contributed by atoms with Gasteiger partial charge in [-0.25, -0.2) is 0 Å². The maximum absolute atomic E-state index is 11.1. The fraction of sp³-hybridized carbons (Fsp3) is 0.812. The molecule has 1 aliphatic rings. The van der Waals surface area contributed by atoms with E-state index in [1.165, 1.54) is 0 Å². The first-order chi connectivity index (χ1) is 10.00. The summed E-state index contributed by atoms with van der Waals surface area (Å²) < 4.78 is 7.34. The smallest absolute Gasteiger partial charge is 0.162 e. The van der Waals surface area contributed by atoms with Gasteiger partial charge in [0.05, 0.1) is 13.3 Å². The summed E-state index contributed by atoms with van der Waals surface area (Å²) >= 11 is 0. The van der Waals surface area contributed by atoms with E-state index in [0.29, 0.717) is 11.7 Å². The Balaban J connectivity index is 2.16. The fourth-order valence-electron chi connectivity index (χ4n) is 3.23. The molecule has 2 heterocycles. The highest BCUT2D eigenvalue weighted by molar-refractivity contribution is 5.31. The van der Waals surface area contributed by atoms with Crippen molar-refractivity contribution in [3.8, 4) is 5.75 Å². The number of likely N-dealkylation sites (tertiary alicyclic amines) is 1. The molecule has 1 saturated heterocycles. The van der Waals surface area contributed by atoms with Crippen molar-refractivity contribution in [2.24, 2.45) is 5.92 Å². The maximum Gasteiger partial charge on any atom is 0.162 e. The van der Waals surface area contributed by atoms with E-state index in [2.05, 4.69) is 30.8 Å². The Morgan fingerprint density at radius 2 is 2.05 bits per heavy atom. The maximum atomic E-state index is 11.1. The summed E-state index contributed by atoms with van der Waals surface area (Å²) in [6, 6.07) is 0. The topological polar surface area (TPSA) is 50.5 Å². The third-order valence-corrected chi connectivity index (χ3v) is 4.21. The van der Waals surface area contributed by atoms with E-state index in [9.17, 15) is 5.11 Å². The van der Waals surface area contributed by atoms with Gasteiger partial charge in [-0.1, -0.05) is 20.8 Å². The number of aromatic nitrogens is 2. The number of nitrogens with zero attached hydrogens (tertiary/aromatic N) is 3. The Labute approximate surface area is 127 Å². The van der Waals surface area contributed by atoms with Gasteiger partial charge in [0.15, 0.2) is 5.75 Å². The molecular weight excluding hydrogens is 266 g/mol. The van der Waals surface area contributed by atoms with E-state index in [-0.39, 0.29) is 0 Å². The number of aryl methyl sites for hydroxylation is 1. The SMILES string of the molecule is CCCn1ncc(OC)c1C1(O)CCN(CC(C)C)CC1. The first kappa shape index (κ1) is 16.3. The molecule has 0 unspecified atom stereocenters. The lowest BCUT2D eigenvalue weighted by molar-refractivity contribution is -0.0361. The molecule has 5 heteroatoms. The van der Waals surface area contributed by atoms with Gasteiger partial charge < -0.3 is 14.7 Å². The predicted molar refractivity (Wildman–Crippen MR) is 83.5 cm³/mol. The molecule has 1 aromatic rings. The highest BCUT2D eigenvalue weighted by Crippen LogP contribution is 2.38. The molecule has 0 aliphatic carbocycles. The normalized spacial score (nSPS) is 19.1. The van der Waals surface area contributed by atoms with Crippen molar-refractivity contribution < 1.29 is 9.84 Å². The van der Waals surface area contributed by atoms with E-state index in [1.54, 1.807) is 13.3 Å². The van der Waals surface area contributed by atoms with Crippen molar-refractivity contribution in [3.05, 3.63) is 11.9 Å². The van der Waals surface area contributed by atoms with Crippen molar-refractivity contribution in [1.82, 2.24) is 14.7 Å². The highest BCUT2D eigenvalue weighted by Gasteiger charge is 2.39. The van der Waals surface area contributed by atoms with Gasteiger partial charge in [0.25, 0.3) is 0 Å². The van der Waals surface area contributed by atoms with E-state index >= 15 is 0 Å². The van der Waals surface area contributed by atoms with Gasteiger partial charge in [-0.2, -0.15) is 5.10 Å². The third kappa shape index (κ3) is 3.58. The molecule has 21 heavy (non-hydrogen) atoms. The molecule has 0 amide bonds. The number of hydrogen-bond donors (Lipinski definition) is 1. The number of methoxy groups -OCH3 is 1. The molecule has 0 radical (unpaired) electrons. The summed E-state index contributed by atoms with van der Waals surface area (Å²) in [5, 5.41) is 15.5. The Bertz CT molecular complexity index is 448. The zero-order valence-corrected chi connectivity index (χ0v) is 13.8. The summed E-state index contributed by atoms with van der Waals surface area (Å²) in [5.41, 5.74) is 0.0425. The summed E-state index contributed by atoms with van der Waals surface area (Å²) in [7, 11) is 1.65. The van der Waals surface area contributed by atoms with Crippen LogP contribution in [0.4, 0.5) is 0 Å². The van der Waals surface area contributed by atoms with Gasteiger partial charge in [0.1, 0.15) is 11.3 Å². The molecular formula is C16H29N3O2. The minimum Gasteiger partial charge on any atom is -0.493 e. The van der Waals surface area contributed by atoms with Crippen molar-refractivity contribution in [1.29, 1.82) is 0 Å². The van der Waals surface area contributed by atoms with Crippen molar-refractivity contribution >= 4 is 0 Å². The molecule has 120 valence electrons. The molecule has 0 saturated carbocycles. The van der Waals surface area contributed by atoms with Crippen LogP contribution in [0.5, 0.6) is 5.75 Å². The number of piperidine rings is 1. The number of ether oxygens (including phenoxy) is 1. The zero-order valence-electron chi connectivity index (χ0n) is 13.8. The van der Waals surface area contributed by atoms with Gasteiger partial charge in [0, 0.05) is 26.2 Å². The Kier molecular flexibility index (Phi) is 5.27. The number of rotatable bonds is 6. The molecule has 0 aromatic carbocycles. The minimum absolute atomic E-state index is 0.663. The predicted octanol–water partition coefficient (Wildman–Crippen LogP) is 2.24. The average Bonchev–Trinajstić information content (AvgIpc) is 2.85. The Morgan fingerprint density at radius 3 is 2.57 bits per heavy atom. The van der Waals surface area contributed by atoms with Crippen LogP contribution in [-0.2, 0) is 12.1 Å². The van der Waals surface area contributed by atoms with Crippen LogP contribution in [0.3, 0.4) is 0 Å². The summed E-state index contributed by atoms with van der Waals surface area (Å²) in [6.07, 6.45) is 4.20. The van der Waals surface area contributed by atoms with Crippen LogP contribution < -0.4 is 4.74 Å². The van der Waals surface area contributed by atoms with Gasteiger partial charge in [-0.05, 0) is 25.2 Å². The summed E-state index contributed by atoms with van der Waals surface area (Å²) in [6.45, 7) is 10.4. The minimum atomic E-state index is -0.815. The lowest BCUT2D eigenvalue weighted by Crippen LogP contribution is -2.44. The van der Waals surface area contributed by atoms with E-state index in [1.807, 2.05) is 4.68 Å². The number of hydrogen-bond acceptors (Lipinski definition) is 4. The fourth-order valence-corrected chi connectivity index (χ4v) is 3.23. The first-order valence-corrected chi connectivity index (χ1v) is 8.05. The standard InChI is InChI=1S/C16H29N3O2/c1-5-8-19-15(14(21-4)11-17-19)16(20)6-9-18(10-7-16)12-13(2)3/h11,13,20H,5-10,12H2,1-4H3. The lowest BCUT2D eigenvalue weighted by Gasteiger charge is -2.39. The molecule has 1 N–H and O–H groups in total. The van der Waals surface area contributed by atoms with E-state index in [0.717, 1.165) is 51.1 Å². The quantitative estimate of drug-likeness (QED) is 0.874. The van der Waals surface area contributed by atoms with Crippen molar-refractivity contribution in [3.63, 3.8) is 0 Å². The lowest BCUT2D eigenvalue weighted by atomic mass is 9.87. The van der Waals surface area contributed by atoms with Crippen LogP contribution >= 0.6 is 0 Å². The van der Waals surface area contributed by atoms with Gasteiger partial charge in [0.2, 0.25) is 0 Å². The van der Waals surface area contributed by atoms with Crippen LogP contribution in [0, 0.1) is 5.92 Å². The molecule has 5 nitrogen and oxygen atoms in total. The average molecular weight is 295 g/mol. The van der Waals surface area contributed by atoms with Crippen LogP contribution in [0.25, 0.3) is 0 Å². The zero-order chi connectivity index (χ0) is 15.5. The monoisotopic (exact) mass is 295 g/mol. The summed E-state index contributed by atoms with van der Waals surface area (Å²) in [4.78, 5) is 2.44. The van der Waals surface area contributed by atoms with Gasteiger partial charge in [-0.3, -0.25) is 4.68 Å². The highest BCUT2D eigenvalue weighted by atomic mass is 16.5. The van der Waals surface area contributed by atoms with Crippen LogP contribution in [0.1, 0.15) is 45.7 Å². The van der Waals surface area contributed by atoms with Crippen LogP contribution in [-0.4, -0.2) is 46.5 Å². The van der Waals surface area contributed by atoms with Crippen molar-refractivity contribution in [2.75, 3.05) is 26.7 Å². The molecule has 0 spiro atoms. The second kappa shape index (κ2) is 6.79. The molecule has 1 aromatic heterocycles. The van der Waals surface area contributed by atoms with Crippen LogP contribution in [0.2, 0.25) is 0 Å². The third-order valence-electron chi connectivity index (χ3n) is 4.21. The molecule has 1 aliphatic heterocycles. The molecule has 2 rings (SSSR count). The van der Waals surface area contributed by atoms with Crippen molar-refractivity contribution in [2.45, 2.75) is 52.2 Å². The first-order valence-electron chi connectivity index (χ1n) is 8.05. The van der Waals surface area contributed by atoms with Crippen LogP contribution in [0.15, 0.2) is 6.20 Å². The van der Waals surface area contributed by atoms with E-state index in [4.69, 9.17) is 4.74 Å². The molecule has 0 bridgehead atoms. The Morgan fingerprint density at radius 1 is 1.38 bits per heavy atom. The largest absolute Gasteiger partial charge is 0.493 e. The second-order valence-electron chi connectivity index (χ2n) is 6.51.